The van der Waals surface area contributed by atoms with Gasteiger partial charge in [-0.15, -0.1) is 0 Å². The highest BCUT2D eigenvalue weighted by Gasteiger charge is 2.25. The highest BCUT2D eigenvalue weighted by molar-refractivity contribution is 7.89. The maximum absolute atomic E-state index is 12.7. The fourth-order valence-corrected chi connectivity index (χ4v) is 3.92. The van der Waals surface area contributed by atoms with Crippen LogP contribution in [0.25, 0.3) is 0 Å². The third kappa shape index (κ3) is 4.29. The molecule has 0 unspecified atom stereocenters. The van der Waals surface area contributed by atoms with Gasteiger partial charge < -0.3 is 14.2 Å². The van der Waals surface area contributed by atoms with Gasteiger partial charge in [0, 0.05) is 31.8 Å². The minimum absolute atomic E-state index is 0.0126. The lowest BCUT2D eigenvalue weighted by molar-refractivity contribution is 0.0269. The topological polar surface area (TPSA) is 102 Å². The van der Waals surface area contributed by atoms with Crippen molar-refractivity contribution in [2.75, 3.05) is 20.2 Å². The van der Waals surface area contributed by atoms with Gasteiger partial charge in [-0.25, -0.2) is 13.1 Å². The first kappa shape index (κ1) is 18.6. The Balaban J connectivity index is 1.73. The van der Waals surface area contributed by atoms with Crippen molar-refractivity contribution in [1.29, 1.82) is 0 Å². The van der Waals surface area contributed by atoms with Crippen molar-refractivity contribution in [3.63, 3.8) is 0 Å². The van der Waals surface area contributed by atoms with Crippen molar-refractivity contribution in [3.05, 3.63) is 47.9 Å². The number of methoxy groups -OCH3 is 1. The van der Waals surface area contributed by atoms with Crippen LogP contribution in [0, 0.1) is 0 Å². The second-order valence-corrected chi connectivity index (χ2v) is 7.86. The smallest absolute Gasteiger partial charge is 0.253 e. The van der Waals surface area contributed by atoms with Crippen LogP contribution in [0.15, 0.2) is 46.0 Å². The van der Waals surface area contributed by atoms with E-state index in [2.05, 4.69) is 14.4 Å². The number of nitrogens with one attached hydrogen (secondary N) is 1. The third-order valence-corrected chi connectivity index (χ3v) is 5.72. The molecule has 1 aromatic carbocycles. The molecular formula is C17H21N3O5S. The average molecular weight is 379 g/mol. The van der Waals surface area contributed by atoms with Gasteiger partial charge in [0.25, 0.3) is 5.91 Å². The molecule has 1 aliphatic rings. The quantitative estimate of drug-likeness (QED) is 0.814. The molecule has 140 valence electrons. The molecule has 0 aliphatic carbocycles. The molecule has 0 spiro atoms. The van der Waals surface area contributed by atoms with E-state index in [1.165, 1.54) is 18.4 Å². The molecule has 1 aromatic heterocycles. The summed E-state index contributed by atoms with van der Waals surface area (Å²) in [4.78, 5) is 14.5. The van der Waals surface area contributed by atoms with Crippen LogP contribution in [-0.4, -0.2) is 50.7 Å². The standard InChI is InChI=1S/C17H21N3O5S/c1-24-15-5-3-8-20(12-15)17(21)13-4-2-6-16(10-13)26(22,23)18-11-14-7-9-25-19-14/h2,4,6-7,9-10,15,18H,3,5,8,11-12H2,1H3/t15-/m1/s1. The van der Waals surface area contributed by atoms with E-state index in [-0.39, 0.29) is 23.5 Å². The molecule has 1 atom stereocenters. The van der Waals surface area contributed by atoms with E-state index < -0.39 is 10.0 Å². The van der Waals surface area contributed by atoms with E-state index in [9.17, 15) is 13.2 Å². The van der Waals surface area contributed by atoms with Crippen LogP contribution in [0.4, 0.5) is 0 Å². The highest BCUT2D eigenvalue weighted by atomic mass is 32.2. The summed E-state index contributed by atoms with van der Waals surface area (Å²) in [5.74, 6) is -0.194. The zero-order chi connectivity index (χ0) is 18.6. The molecule has 26 heavy (non-hydrogen) atoms. The van der Waals surface area contributed by atoms with Crippen LogP contribution in [0.2, 0.25) is 0 Å². The van der Waals surface area contributed by atoms with Crippen molar-refractivity contribution >= 4 is 15.9 Å². The molecule has 1 fully saturated rings. The maximum atomic E-state index is 12.7. The Hall–Kier alpha value is -2.23. The number of ether oxygens (including phenoxy) is 1. The minimum Gasteiger partial charge on any atom is -0.380 e. The molecule has 3 rings (SSSR count). The van der Waals surface area contributed by atoms with Gasteiger partial charge in [-0.2, -0.15) is 0 Å². The average Bonchev–Trinajstić information content (AvgIpc) is 3.20. The second kappa shape index (κ2) is 7.98. The number of hydrogen-bond donors (Lipinski definition) is 1. The first-order chi connectivity index (χ1) is 12.5. The number of amides is 1. The lowest BCUT2D eigenvalue weighted by Gasteiger charge is -2.32. The number of nitrogens with zero attached hydrogens (tertiary/aromatic N) is 2. The fraction of sp³-hybridized carbons (Fsp3) is 0.412. The summed E-state index contributed by atoms with van der Waals surface area (Å²) >= 11 is 0. The number of sulfonamides is 1. The van der Waals surface area contributed by atoms with Gasteiger partial charge >= 0.3 is 0 Å². The summed E-state index contributed by atoms with van der Waals surface area (Å²) in [7, 11) is -2.13. The number of hydrogen-bond acceptors (Lipinski definition) is 6. The molecule has 2 heterocycles. The van der Waals surface area contributed by atoms with Gasteiger partial charge in [0.05, 0.1) is 23.2 Å². The normalized spacial score (nSPS) is 18.0. The largest absolute Gasteiger partial charge is 0.380 e. The summed E-state index contributed by atoms with van der Waals surface area (Å²) in [5, 5.41) is 3.66. The molecule has 1 saturated heterocycles. The van der Waals surface area contributed by atoms with Gasteiger partial charge in [0.2, 0.25) is 10.0 Å². The Morgan fingerprint density at radius 2 is 2.27 bits per heavy atom. The van der Waals surface area contributed by atoms with Gasteiger partial charge in [0.1, 0.15) is 6.26 Å². The van der Waals surface area contributed by atoms with E-state index >= 15 is 0 Å². The molecule has 2 aromatic rings. The Labute approximate surface area is 152 Å². The van der Waals surface area contributed by atoms with E-state index in [1.807, 2.05) is 0 Å². The number of likely N-dealkylation sites (tertiary alicyclic amines) is 1. The molecule has 1 N–H and O–H groups in total. The number of piperidine rings is 1. The molecule has 9 heteroatoms. The lowest BCUT2D eigenvalue weighted by atomic mass is 10.1. The van der Waals surface area contributed by atoms with E-state index in [0.717, 1.165) is 12.8 Å². The fourth-order valence-electron chi connectivity index (χ4n) is 2.87. The molecular weight excluding hydrogens is 358 g/mol. The Bertz CT molecular complexity index is 851. The molecule has 1 aliphatic heterocycles. The van der Waals surface area contributed by atoms with E-state index in [1.54, 1.807) is 30.2 Å². The van der Waals surface area contributed by atoms with Gasteiger partial charge in [-0.1, -0.05) is 11.2 Å². The second-order valence-electron chi connectivity index (χ2n) is 6.09. The third-order valence-electron chi connectivity index (χ3n) is 4.32. The van der Waals surface area contributed by atoms with Crippen LogP contribution < -0.4 is 4.72 Å². The molecule has 0 saturated carbocycles. The van der Waals surface area contributed by atoms with Crippen molar-refractivity contribution in [2.45, 2.75) is 30.4 Å². The minimum atomic E-state index is -3.77. The van der Waals surface area contributed by atoms with Gasteiger partial charge in [0.15, 0.2) is 0 Å². The van der Waals surface area contributed by atoms with Crippen LogP contribution in [0.5, 0.6) is 0 Å². The van der Waals surface area contributed by atoms with Crippen molar-refractivity contribution in [1.82, 2.24) is 14.8 Å². The molecule has 8 nitrogen and oxygen atoms in total. The van der Waals surface area contributed by atoms with E-state index in [0.29, 0.717) is 24.3 Å². The van der Waals surface area contributed by atoms with Crippen molar-refractivity contribution in [3.8, 4) is 0 Å². The summed E-state index contributed by atoms with van der Waals surface area (Å²) in [6, 6.07) is 7.61. The van der Waals surface area contributed by atoms with Crippen molar-refractivity contribution in [2.24, 2.45) is 0 Å². The zero-order valence-electron chi connectivity index (χ0n) is 14.4. The number of aromatic nitrogens is 1. The maximum Gasteiger partial charge on any atom is 0.253 e. The SMILES string of the molecule is CO[C@@H]1CCCN(C(=O)c2cccc(S(=O)(=O)NCc3ccon3)c2)C1. The first-order valence-electron chi connectivity index (χ1n) is 8.30. The van der Waals surface area contributed by atoms with Crippen LogP contribution in [-0.2, 0) is 21.3 Å². The summed E-state index contributed by atoms with van der Waals surface area (Å²) in [6.07, 6.45) is 3.17. The number of carbonyl (C=O) groups excluding carboxylic acids is 1. The highest BCUT2D eigenvalue weighted by Crippen LogP contribution is 2.18. The predicted molar refractivity (Wildman–Crippen MR) is 92.9 cm³/mol. The lowest BCUT2D eigenvalue weighted by Crippen LogP contribution is -2.42. The number of rotatable bonds is 6. The summed E-state index contributed by atoms with van der Waals surface area (Å²) in [5.41, 5.74) is 0.811. The zero-order valence-corrected chi connectivity index (χ0v) is 15.2. The molecule has 1 amide bonds. The first-order valence-corrected chi connectivity index (χ1v) is 9.79. The van der Waals surface area contributed by atoms with Crippen LogP contribution in [0.1, 0.15) is 28.9 Å². The Kier molecular flexibility index (Phi) is 5.70. The van der Waals surface area contributed by atoms with Crippen LogP contribution in [0.3, 0.4) is 0 Å². The Morgan fingerprint density at radius 1 is 1.42 bits per heavy atom. The Morgan fingerprint density at radius 3 is 3.00 bits per heavy atom. The van der Waals surface area contributed by atoms with Gasteiger partial charge in [-0.3, -0.25) is 4.79 Å². The summed E-state index contributed by atoms with van der Waals surface area (Å²) < 4.78 is 37.4. The van der Waals surface area contributed by atoms with E-state index in [4.69, 9.17) is 4.74 Å². The van der Waals surface area contributed by atoms with Crippen molar-refractivity contribution < 1.29 is 22.5 Å². The summed E-state index contributed by atoms with van der Waals surface area (Å²) in [6.45, 7) is 1.16. The number of benzene rings is 1. The number of carbonyl (C=O) groups is 1. The molecule has 0 bridgehead atoms. The van der Waals surface area contributed by atoms with Crippen LogP contribution >= 0.6 is 0 Å². The predicted octanol–water partition coefficient (Wildman–Crippen LogP) is 1.40. The molecule has 0 radical (unpaired) electrons. The van der Waals surface area contributed by atoms with Gasteiger partial charge in [-0.05, 0) is 31.0 Å². The monoisotopic (exact) mass is 379 g/mol.